The molecule has 2 amide bonds. The van der Waals surface area contributed by atoms with E-state index in [1.807, 2.05) is 0 Å². The molecule has 0 unspecified atom stereocenters. The summed E-state index contributed by atoms with van der Waals surface area (Å²) in [6.45, 7) is -0.735. The zero-order chi connectivity index (χ0) is 27.0. The van der Waals surface area contributed by atoms with Gasteiger partial charge in [0, 0.05) is 20.8 Å². The Morgan fingerprint density at radius 3 is 2.24 bits per heavy atom. The summed E-state index contributed by atoms with van der Waals surface area (Å²) < 4.78 is 30.7. The predicted octanol–water partition coefficient (Wildman–Crippen LogP) is 4.58. The molecule has 0 aromatic heterocycles. The van der Waals surface area contributed by atoms with Gasteiger partial charge in [-0.1, -0.05) is 40.9 Å². The summed E-state index contributed by atoms with van der Waals surface area (Å²) in [6, 6.07) is 17.6. The van der Waals surface area contributed by atoms with Gasteiger partial charge in [0.05, 0.1) is 18.2 Å². The van der Waals surface area contributed by atoms with E-state index in [1.165, 1.54) is 24.4 Å². The van der Waals surface area contributed by atoms with Crippen molar-refractivity contribution in [1.82, 2.24) is 5.43 Å². The molecule has 194 valence electrons. The number of hydrazone groups is 1. The fourth-order valence-electron chi connectivity index (χ4n) is 2.99. The average Bonchev–Trinajstić information content (AvgIpc) is 2.81. The quantitative estimate of drug-likeness (QED) is 0.268. The van der Waals surface area contributed by atoms with Crippen LogP contribution in [-0.4, -0.2) is 45.9 Å². The smallest absolute Gasteiger partial charge is 0.262 e. The van der Waals surface area contributed by atoms with Gasteiger partial charge in [0.15, 0.2) is 6.61 Å². The van der Waals surface area contributed by atoms with Gasteiger partial charge in [-0.3, -0.25) is 13.9 Å². The monoisotopic (exact) mass is 582 g/mol. The maximum Gasteiger partial charge on any atom is 0.262 e. The lowest BCUT2D eigenvalue weighted by Crippen LogP contribution is -2.39. The number of hydrogen-bond acceptors (Lipinski definition) is 6. The fourth-order valence-corrected chi connectivity index (χ4v) is 4.54. The van der Waals surface area contributed by atoms with Crippen LogP contribution < -0.4 is 19.8 Å². The van der Waals surface area contributed by atoms with Crippen molar-refractivity contribution in [3.63, 3.8) is 0 Å². The van der Waals surface area contributed by atoms with Gasteiger partial charge in [-0.15, -0.1) is 0 Å². The van der Waals surface area contributed by atoms with Crippen LogP contribution >= 0.6 is 34.8 Å². The minimum Gasteiger partial charge on any atom is -0.484 e. The van der Waals surface area contributed by atoms with Crippen LogP contribution in [0.3, 0.4) is 0 Å². The van der Waals surface area contributed by atoms with Gasteiger partial charge in [0.1, 0.15) is 12.3 Å². The molecule has 0 aliphatic heterocycles. The normalized spacial score (nSPS) is 11.2. The molecule has 9 nitrogen and oxygen atoms in total. The molecule has 0 radical (unpaired) electrons. The SMILES string of the molecule is CS(=O)(=O)N(CC(=O)N/N=C\c1ccc(OCC(=O)Nc2cccc(Cl)c2)cc1)c1cc(Cl)cc(Cl)c1. The lowest BCUT2D eigenvalue weighted by Gasteiger charge is -2.21. The first-order chi connectivity index (χ1) is 17.5. The summed E-state index contributed by atoms with van der Waals surface area (Å²) in [7, 11) is -3.80. The van der Waals surface area contributed by atoms with Crippen molar-refractivity contribution in [1.29, 1.82) is 0 Å². The second-order valence-corrected chi connectivity index (χ2v) is 10.8. The molecule has 13 heteroatoms. The van der Waals surface area contributed by atoms with E-state index in [9.17, 15) is 18.0 Å². The highest BCUT2D eigenvalue weighted by molar-refractivity contribution is 7.92. The van der Waals surface area contributed by atoms with Gasteiger partial charge in [-0.2, -0.15) is 5.10 Å². The maximum atomic E-state index is 12.3. The lowest BCUT2D eigenvalue weighted by molar-refractivity contribution is -0.119. The van der Waals surface area contributed by atoms with Crippen LogP contribution in [0.25, 0.3) is 0 Å². The van der Waals surface area contributed by atoms with Crippen LogP contribution in [0.4, 0.5) is 11.4 Å². The molecule has 0 aliphatic rings. The third-order valence-corrected chi connectivity index (χ3v) is 6.40. The number of ether oxygens (including phenoxy) is 1. The fraction of sp³-hybridized carbons (Fsp3) is 0.125. The van der Waals surface area contributed by atoms with Crippen molar-refractivity contribution >= 4 is 74.2 Å². The number of hydrogen-bond donors (Lipinski definition) is 2. The van der Waals surface area contributed by atoms with Crippen LogP contribution in [0.5, 0.6) is 5.75 Å². The largest absolute Gasteiger partial charge is 0.484 e. The highest BCUT2D eigenvalue weighted by Crippen LogP contribution is 2.26. The molecule has 0 bridgehead atoms. The molecule has 0 saturated heterocycles. The maximum absolute atomic E-state index is 12.3. The number of rotatable bonds is 10. The van der Waals surface area contributed by atoms with Crippen molar-refractivity contribution in [2.45, 2.75) is 0 Å². The van der Waals surface area contributed by atoms with E-state index >= 15 is 0 Å². The number of halogens is 3. The number of carbonyl (C=O) groups excluding carboxylic acids is 2. The lowest BCUT2D eigenvalue weighted by atomic mass is 10.2. The number of amides is 2. The number of anilines is 2. The molecule has 0 fully saturated rings. The molecule has 0 saturated carbocycles. The van der Waals surface area contributed by atoms with E-state index in [4.69, 9.17) is 39.5 Å². The summed E-state index contributed by atoms with van der Waals surface area (Å²) in [5, 5.41) is 7.48. The van der Waals surface area contributed by atoms with E-state index in [-0.39, 0.29) is 28.2 Å². The Morgan fingerprint density at radius 2 is 1.62 bits per heavy atom. The Hall–Kier alpha value is -3.31. The van der Waals surface area contributed by atoms with Crippen molar-refractivity contribution in [2.24, 2.45) is 5.10 Å². The van der Waals surface area contributed by atoms with E-state index < -0.39 is 22.5 Å². The number of sulfonamides is 1. The average molecular weight is 584 g/mol. The van der Waals surface area contributed by atoms with Gasteiger partial charge < -0.3 is 10.1 Å². The van der Waals surface area contributed by atoms with E-state index in [0.29, 0.717) is 22.0 Å². The molecule has 0 aliphatic carbocycles. The molecule has 3 aromatic rings. The van der Waals surface area contributed by atoms with Crippen molar-refractivity contribution < 1.29 is 22.7 Å². The van der Waals surface area contributed by atoms with Gasteiger partial charge >= 0.3 is 0 Å². The molecular weight excluding hydrogens is 563 g/mol. The van der Waals surface area contributed by atoms with Crippen LogP contribution in [0.1, 0.15) is 5.56 Å². The molecule has 2 N–H and O–H groups in total. The highest BCUT2D eigenvalue weighted by atomic mass is 35.5. The molecule has 3 rings (SSSR count). The molecule has 0 atom stereocenters. The minimum absolute atomic E-state index is 0.149. The Kier molecular flexibility index (Phi) is 9.76. The van der Waals surface area contributed by atoms with Crippen molar-refractivity contribution in [3.05, 3.63) is 87.4 Å². The predicted molar refractivity (Wildman–Crippen MR) is 146 cm³/mol. The van der Waals surface area contributed by atoms with Crippen molar-refractivity contribution in [3.8, 4) is 5.75 Å². The summed E-state index contributed by atoms with van der Waals surface area (Å²) in [5.41, 5.74) is 3.61. The molecule has 0 heterocycles. The van der Waals surface area contributed by atoms with Crippen LogP contribution in [0.2, 0.25) is 15.1 Å². The Balaban J connectivity index is 1.51. The highest BCUT2D eigenvalue weighted by Gasteiger charge is 2.21. The van der Waals surface area contributed by atoms with Gasteiger partial charge in [-0.05, 0) is 66.2 Å². The van der Waals surface area contributed by atoms with E-state index in [2.05, 4.69) is 15.8 Å². The van der Waals surface area contributed by atoms with Gasteiger partial charge in [0.25, 0.3) is 11.8 Å². The van der Waals surface area contributed by atoms with Gasteiger partial charge in [0.2, 0.25) is 10.0 Å². The zero-order valence-corrected chi connectivity index (χ0v) is 22.4. The number of carbonyl (C=O) groups is 2. The third-order valence-electron chi connectivity index (χ3n) is 4.58. The van der Waals surface area contributed by atoms with Crippen molar-refractivity contribution in [2.75, 3.05) is 29.0 Å². The number of benzene rings is 3. The zero-order valence-electron chi connectivity index (χ0n) is 19.3. The standard InChI is InChI=1S/C24H21Cl3N4O5S/c1-37(34,35)31(21-11-18(26)9-19(27)12-21)14-23(32)30-28-13-16-5-7-22(8-6-16)36-15-24(33)29-20-4-2-3-17(25)10-20/h2-13H,14-15H2,1H3,(H,29,33)(H,30,32)/b28-13-. The van der Waals surface area contributed by atoms with Crippen LogP contribution in [0.15, 0.2) is 71.8 Å². The Bertz CT molecular complexity index is 1400. The summed E-state index contributed by atoms with van der Waals surface area (Å²) in [5.74, 6) is -0.575. The number of nitrogens with one attached hydrogen (secondary N) is 2. The first-order valence-corrected chi connectivity index (χ1v) is 13.5. The van der Waals surface area contributed by atoms with Crippen LogP contribution in [-0.2, 0) is 19.6 Å². The molecular formula is C24H21Cl3N4O5S. The van der Waals surface area contributed by atoms with Gasteiger partial charge in [-0.25, -0.2) is 13.8 Å². The first-order valence-electron chi connectivity index (χ1n) is 10.5. The summed E-state index contributed by atoms with van der Waals surface area (Å²) in [4.78, 5) is 24.4. The Morgan fingerprint density at radius 1 is 0.946 bits per heavy atom. The summed E-state index contributed by atoms with van der Waals surface area (Å²) in [6.07, 6.45) is 2.33. The molecule has 0 spiro atoms. The second-order valence-electron chi connectivity index (χ2n) is 7.61. The second kappa shape index (κ2) is 12.8. The Labute approximate surface area is 229 Å². The summed E-state index contributed by atoms with van der Waals surface area (Å²) >= 11 is 17.8. The number of nitrogens with zero attached hydrogens (tertiary/aromatic N) is 2. The van der Waals surface area contributed by atoms with E-state index in [0.717, 1.165) is 10.6 Å². The van der Waals surface area contributed by atoms with E-state index in [1.54, 1.807) is 48.5 Å². The molecule has 3 aromatic carbocycles. The van der Waals surface area contributed by atoms with Crippen LogP contribution in [0, 0.1) is 0 Å². The third kappa shape index (κ3) is 9.25. The molecule has 37 heavy (non-hydrogen) atoms. The first kappa shape index (κ1) is 28.3. The minimum atomic E-state index is -3.80. The topological polar surface area (TPSA) is 117 Å².